The monoisotopic (exact) mass is 262 g/mol. The summed E-state index contributed by atoms with van der Waals surface area (Å²) >= 11 is 1.90. The lowest BCUT2D eigenvalue weighted by Crippen LogP contribution is -2.39. The lowest BCUT2D eigenvalue weighted by molar-refractivity contribution is -0.121. The molecule has 3 nitrogen and oxygen atoms in total. The van der Waals surface area contributed by atoms with Gasteiger partial charge in [-0.3, -0.25) is 4.79 Å². The molecule has 2 aliphatic rings. The number of nitrogens with one attached hydrogen (secondary N) is 1. The highest BCUT2D eigenvalue weighted by molar-refractivity contribution is 7.99. The highest BCUT2D eigenvalue weighted by atomic mass is 32.2. The number of rotatable bonds is 1. The SMILES string of the molecule is O=C(C1CCSC1)N1CCNCc2ccccc21. The minimum absolute atomic E-state index is 0.223. The fourth-order valence-corrected chi connectivity index (χ4v) is 3.85. The van der Waals surface area contributed by atoms with Crippen molar-refractivity contribution in [3.8, 4) is 0 Å². The van der Waals surface area contributed by atoms with E-state index in [0.717, 1.165) is 43.2 Å². The maximum atomic E-state index is 12.6. The molecule has 0 saturated carbocycles. The van der Waals surface area contributed by atoms with E-state index in [-0.39, 0.29) is 5.92 Å². The van der Waals surface area contributed by atoms with Crippen LogP contribution in [-0.2, 0) is 11.3 Å². The third-order valence-corrected chi connectivity index (χ3v) is 4.82. The Morgan fingerprint density at radius 2 is 2.28 bits per heavy atom. The van der Waals surface area contributed by atoms with E-state index in [1.54, 1.807) is 0 Å². The van der Waals surface area contributed by atoms with E-state index in [4.69, 9.17) is 0 Å². The summed E-state index contributed by atoms with van der Waals surface area (Å²) < 4.78 is 0. The van der Waals surface area contributed by atoms with Crippen molar-refractivity contribution >= 4 is 23.4 Å². The van der Waals surface area contributed by atoms with Gasteiger partial charge in [-0.1, -0.05) is 18.2 Å². The highest BCUT2D eigenvalue weighted by Crippen LogP contribution is 2.29. The summed E-state index contributed by atoms with van der Waals surface area (Å²) in [6.45, 7) is 2.52. The molecule has 0 bridgehead atoms. The molecule has 96 valence electrons. The molecule has 1 saturated heterocycles. The molecule has 1 atom stereocenters. The van der Waals surface area contributed by atoms with Crippen molar-refractivity contribution in [3.05, 3.63) is 29.8 Å². The smallest absolute Gasteiger partial charge is 0.231 e. The minimum Gasteiger partial charge on any atom is -0.311 e. The van der Waals surface area contributed by atoms with Crippen LogP contribution in [0.3, 0.4) is 0 Å². The maximum Gasteiger partial charge on any atom is 0.231 e. The largest absolute Gasteiger partial charge is 0.311 e. The van der Waals surface area contributed by atoms with Crippen molar-refractivity contribution in [2.75, 3.05) is 29.5 Å². The summed E-state index contributed by atoms with van der Waals surface area (Å²) in [4.78, 5) is 14.6. The topological polar surface area (TPSA) is 32.3 Å². The van der Waals surface area contributed by atoms with E-state index in [2.05, 4.69) is 17.4 Å². The molecular formula is C14H18N2OS. The van der Waals surface area contributed by atoms with Crippen LogP contribution in [0.15, 0.2) is 24.3 Å². The summed E-state index contributed by atoms with van der Waals surface area (Å²) in [6.07, 6.45) is 1.04. The van der Waals surface area contributed by atoms with Gasteiger partial charge in [0.25, 0.3) is 0 Å². The molecule has 4 heteroatoms. The van der Waals surface area contributed by atoms with E-state index in [1.165, 1.54) is 5.56 Å². The Morgan fingerprint density at radius 1 is 1.39 bits per heavy atom. The first-order valence-electron chi connectivity index (χ1n) is 6.54. The van der Waals surface area contributed by atoms with Crippen molar-refractivity contribution in [2.45, 2.75) is 13.0 Å². The van der Waals surface area contributed by atoms with Crippen LogP contribution in [0.2, 0.25) is 0 Å². The number of nitrogens with zero attached hydrogens (tertiary/aromatic N) is 1. The first-order chi connectivity index (χ1) is 8.86. The van der Waals surface area contributed by atoms with Gasteiger partial charge in [-0.05, 0) is 23.8 Å². The van der Waals surface area contributed by atoms with Crippen LogP contribution in [0.5, 0.6) is 0 Å². The van der Waals surface area contributed by atoms with Crippen LogP contribution in [0, 0.1) is 5.92 Å². The Kier molecular flexibility index (Phi) is 3.57. The van der Waals surface area contributed by atoms with E-state index in [1.807, 2.05) is 28.8 Å². The zero-order chi connectivity index (χ0) is 12.4. The number of thioether (sulfide) groups is 1. The first kappa shape index (κ1) is 12.1. The Morgan fingerprint density at radius 3 is 3.11 bits per heavy atom. The molecule has 0 radical (unpaired) electrons. The summed E-state index contributed by atoms with van der Waals surface area (Å²) in [6, 6.07) is 8.24. The Labute approximate surface area is 112 Å². The maximum absolute atomic E-state index is 12.6. The number of hydrogen-bond acceptors (Lipinski definition) is 3. The molecule has 18 heavy (non-hydrogen) atoms. The number of carbonyl (C=O) groups is 1. The van der Waals surface area contributed by atoms with E-state index >= 15 is 0 Å². The first-order valence-corrected chi connectivity index (χ1v) is 7.69. The predicted molar refractivity (Wildman–Crippen MR) is 75.9 cm³/mol. The van der Waals surface area contributed by atoms with Gasteiger partial charge in [0.2, 0.25) is 5.91 Å². The summed E-state index contributed by atoms with van der Waals surface area (Å²) in [5.41, 5.74) is 2.33. The summed E-state index contributed by atoms with van der Waals surface area (Å²) in [7, 11) is 0. The molecule has 1 amide bonds. The number of amides is 1. The molecule has 2 heterocycles. The van der Waals surface area contributed by atoms with Crippen LogP contribution in [0.4, 0.5) is 5.69 Å². The molecule has 1 fully saturated rings. The van der Waals surface area contributed by atoms with Crippen LogP contribution < -0.4 is 10.2 Å². The van der Waals surface area contributed by atoms with Gasteiger partial charge in [0.05, 0.1) is 0 Å². The molecule has 0 aliphatic carbocycles. The van der Waals surface area contributed by atoms with Gasteiger partial charge in [-0.2, -0.15) is 11.8 Å². The standard InChI is InChI=1S/C14H18N2OS/c17-14(12-5-8-18-10-12)16-7-6-15-9-11-3-1-2-4-13(11)16/h1-4,12,15H,5-10H2. The average Bonchev–Trinajstić information content (AvgIpc) is 2.85. The van der Waals surface area contributed by atoms with E-state index in [0.29, 0.717) is 5.91 Å². The number of fused-ring (bicyclic) bond motifs is 1. The molecule has 0 aromatic heterocycles. The second-order valence-corrected chi connectivity index (χ2v) is 6.01. The quantitative estimate of drug-likeness (QED) is 0.838. The zero-order valence-electron chi connectivity index (χ0n) is 10.4. The summed E-state index contributed by atoms with van der Waals surface area (Å²) in [5, 5.41) is 3.38. The predicted octanol–water partition coefficient (Wildman–Crippen LogP) is 1.88. The van der Waals surface area contributed by atoms with E-state index in [9.17, 15) is 4.79 Å². The molecule has 1 unspecified atom stereocenters. The fraction of sp³-hybridized carbons (Fsp3) is 0.500. The second kappa shape index (κ2) is 5.33. The molecule has 1 N–H and O–H groups in total. The van der Waals surface area contributed by atoms with Gasteiger partial charge in [0.15, 0.2) is 0 Å². The molecule has 1 aromatic carbocycles. The van der Waals surface area contributed by atoms with Gasteiger partial charge in [0.1, 0.15) is 0 Å². The normalized spacial score (nSPS) is 23.6. The number of anilines is 1. The molecule has 1 aromatic rings. The van der Waals surface area contributed by atoms with Gasteiger partial charge in [-0.15, -0.1) is 0 Å². The Bertz CT molecular complexity index is 443. The number of para-hydroxylation sites is 1. The van der Waals surface area contributed by atoms with Crippen molar-refractivity contribution < 1.29 is 4.79 Å². The highest BCUT2D eigenvalue weighted by Gasteiger charge is 2.29. The van der Waals surface area contributed by atoms with Gasteiger partial charge in [-0.25, -0.2) is 0 Å². The van der Waals surface area contributed by atoms with Crippen LogP contribution >= 0.6 is 11.8 Å². The Hall–Kier alpha value is -1.00. The van der Waals surface area contributed by atoms with Gasteiger partial charge < -0.3 is 10.2 Å². The van der Waals surface area contributed by atoms with Crippen molar-refractivity contribution in [3.63, 3.8) is 0 Å². The Balaban J connectivity index is 1.88. The minimum atomic E-state index is 0.223. The zero-order valence-corrected chi connectivity index (χ0v) is 11.2. The lowest BCUT2D eigenvalue weighted by Gasteiger charge is -2.25. The van der Waals surface area contributed by atoms with Crippen LogP contribution in [-0.4, -0.2) is 30.5 Å². The third-order valence-electron chi connectivity index (χ3n) is 3.66. The van der Waals surface area contributed by atoms with Crippen LogP contribution in [0.1, 0.15) is 12.0 Å². The summed E-state index contributed by atoms with van der Waals surface area (Å²) in [5.74, 6) is 2.66. The third kappa shape index (κ3) is 2.27. The van der Waals surface area contributed by atoms with Crippen LogP contribution in [0.25, 0.3) is 0 Å². The number of carbonyl (C=O) groups excluding carboxylic acids is 1. The van der Waals surface area contributed by atoms with Gasteiger partial charge in [0, 0.05) is 37.0 Å². The fourth-order valence-electron chi connectivity index (χ4n) is 2.64. The lowest BCUT2D eigenvalue weighted by atomic mass is 10.1. The average molecular weight is 262 g/mol. The van der Waals surface area contributed by atoms with E-state index < -0.39 is 0 Å². The molecular weight excluding hydrogens is 244 g/mol. The number of benzene rings is 1. The molecule has 2 aliphatic heterocycles. The molecule has 0 spiro atoms. The van der Waals surface area contributed by atoms with Crippen molar-refractivity contribution in [1.29, 1.82) is 0 Å². The number of hydrogen-bond donors (Lipinski definition) is 1. The molecule has 3 rings (SSSR count). The van der Waals surface area contributed by atoms with Gasteiger partial charge >= 0.3 is 0 Å². The second-order valence-electron chi connectivity index (χ2n) is 4.86. The van der Waals surface area contributed by atoms with Crippen molar-refractivity contribution in [1.82, 2.24) is 5.32 Å². The van der Waals surface area contributed by atoms with Crippen molar-refractivity contribution in [2.24, 2.45) is 5.92 Å².